The van der Waals surface area contributed by atoms with E-state index in [0.717, 1.165) is 22.2 Å². The van der Waals surface area contributed by atoms with Crippen molar-refractivity contribution < 1.29 is 13.6 Å². The first-order valence-electron chi connectivity index (χ1n) is 8.70. The van der Waals surface area contributed by atoms with Gasteiger partial charge in [-0.15, -0.1) is 0 Å². The molecule has 2 aromatic carbocycles. The summed E-state index contributed by atoms with van der Waals surface area (Å²) in [4.78, 5) is 18.5. The largest absolute Gasteiger partial charge is 0.356 e. The van der Waals surface area contributed by atoms with Crippen LogP contribution in [0, 0.1) is 18.6 Å². The number of Topliss-reactive ketones (excluding diaryl/α,β-unsaturated/α-hetero) is 1. The van der Waals surface area contributed by atoms with E-state index in [2.05, 4.69) is 9.97 Å². The van der Waals surface area contributed by atoms with Crippen LogP contribution in [0.15, 0.2) is 36.4 Å². The maximum Gasteiger partial charge on any atom is 0.179 e. The zero-order chi connectivity index (χ0) is 19.1. The zero-order valence-corrected chi connectivity index (χ0v) is 15.4. The van der Waals surface area contributed by atoms with Crippen molar-refractivity contribution in [3.8, 4) is 0 Å². The molecule has 4 rings (SSSR count). The number of benzene rings is 2. The van der Waals surface area contributed by atoms with Crippen molar-refractivity contribution in [2.24, 2.45) is 0 Å². The molecular weight excluding hydrogens is 370 g/mol. The van der Waals surface area contributed by atoms with Gasteiger partial charge in [0.25, 0.3) is 0 Å². The van der Waals surface area contributed by atoms with E-state index in [1.807, 2.05) is 6.92 Å². The summed E-state index contributed by atoms with van der Waals surface area (Å²) in [5.41, 5.74) is 3.48. The predicted octanol–water partition coefficient (Wildman–Crippen LogP) is 6.09. The van der Waals surface area contributed by atoms with Crippen LogP contribution < -0.4 is 0 Å². The monoisotopic (exact) mass is 386 g/mol. The van der Waals surface area contributed by atoms with Gasteiger partial charge in [-0.05, 0) is 55.7 Å². The summed E-state index contributed by atoms with van der Waals surface area (Å²) in [5.74, 6) is -0.814. The molecule has 2 heterocycles. The molecule has 6 heteroatoms. The van der Waals surface area contributed by atoms with Crippen molar-refractivity contribution in [1.82, 2.24) is 9.97 Å². The topological polar surface area (TPSA) is 48.6 Å². The molecule has 2 aromatic heterocycles. The number of aromatic amines is 2. The van der Waals surface area contributed by atoms with Crippen molar-refractivity contribution in [2.75, 3.05) is 0 Å². The molecule has 0 unspecified atom stereocenters. The zero-order valence-electron chi connectivity index (χ0n) is 14.6. The minimum Gasteiger partial charge on any atom is -0.356 e. The smallest absolute Gasteiger partial charge is 0.179 e. The van der Waals surface area contributed by atoms with E-state index in [1.165, 1.54) is 12.1 Å². The minimum atomic E-state index is -0.454. The van der Waals surface area contributed by atoms with Crippen molar-refractivity contribution in [1.29, 1.82) is 0 Å². The molecule has 0 bridgehead atoms. The highest BCUT2D eigenvalue weighted by Gasteiger charge is 2.15. The number of carbonyl (C=O) groups excluding carboxylic acids is 1. The summed E-state index contributed by atoms with van der Waals surface area (Å²) in [6.07, 6.45) is 1.62. The molecule has 0 atom stereocenters. The molecule has 0 radical (unpaired) electrons. The number of fused-ring (bicyclic) bond motifs is 2. The molecule has 0 aliphatic heterocycles. The lowest BCUT2D eigenvalue weighted by Gasteiger charge is -2.02. The SMILES string of the molecule is Cc1[nH]c2c(F)c(Cl)ccc2c1CCCC(=O)c1cc2cc(F)ccc2[nH]1. The van der Waals surface area contributed by atoms with Gasteiger partial charge in [-0.25, -0.2) is 8.78 Å². The van der Waals surface area contributed by atoms with Gasteiger partial charge in [0, 0.05) is 28.4 Å². The Hall–Kier alpha value is -2.66. The molecule has 138 valence electrons. The molecule has 0 fully saturated rings. The van der Waals surface area contributed by atoms with Gasteiger partial charge >= 0.3 is 0 Å². The van der Waals surface area contributed by atoms with E-state index >= 15 is 0 Å². The van der Waals surface area contributed by atoms with Gasteiger partial charge < -0.3 is 9.97 Å². The van der Waals surface area contributed by atoms with Crippen molar-refractivity contribution in [3.63, 3.8) is 0 Å². The molecule has 3 nitrogen and oxygen atoms in total. The van der Waals surface area contributed by atoms with E-state index in [4.69, 9.17) is 11.6 Å². The molecule has 0 amide bonds. The molecule has 27 heavy (non-hydrogen) atoms. The second-order valence-corrected chi connectivity index (χ2v) is 7.11. The summed E-state index contributed by atoms with van der Waals surface area (Å²) in [7, 11) is 0. The highest BCUT2D eigenvalue weighted by molar-refractivity contribution is 6.31. The van der Waals surface area contributed by atoms with Crippen LogP contribution in [-0.2, 0) is 6.42 Å². The summed E-state index contributed by atoms with van der Waals surface area (Å²) in [6.45, 7) is 1.89. The predicted molar refractivity (Wildman–Crippen MR) is 104 cm³/mol. The summed E-state index contributed by atoms with van der Waals surface area (Å²) in [5, 5.41) is 1.56. The average molecular weight is 387 g/mol. The molecular formula is C21H17ClF2N2O. The highest BCUT2D eigenvalue weighted by atomic mass is 35.5. The molecule has 0 saturated heterocycles. The fraction of sp³-hybridized carbons (Fsp3) is 0.190. The first-order valence-corrected chi connectivity index (χ1v) is 9.08. The van der Waals surface area contributed by atoms with Crippen LogP contribution in [0.1, 0.15) is 34.6 Å². The lowest BCUT2D eigenvalue weighted by molar-refractivity contribution is 0.0976. The van der Waals surface area contributed by atoms with E-state index in [-0.39, 0.29) is 16.6 Å². The lowest BCUT2D eigenvalue weighted by atomic mass is 10.0. The number of H-pyrrole nitrogens is 2. The van der Waals surface area contributed by atoms with Crippen molar-refractivity contribution in [2.45, 2.75) is 26.2 Å². The van der Waals surface area contributed by atoms with E-state index < -0.39 is 5.82 Å². The molecule has 4 aromatic rings. The Morgan fingerprint density at radius 3 is 2.74 bits per heavy atom. The molecule has 0 aliphatic carbocycles. The Morgan fingerprint density at radius 2 is 1.93 bits per heavy atom. The number of nitrogens with one attached hydrogen (secondary N) is 2. The van der Waals surface area contributed by atoms with Crippen LogP contribution in [0.25, 0.3) is 21.8 Å². The van der Waals surface area contributed by atoms with Crippen LogP contribution in [0.4, 0.5) is 8.78 Å². The molecule has 2 N–H and O–H groups in total. The number of aromatic nitrogens is 2. The minimum absolute atomic E-state index is 0.0293. The van der Waals surface area contributed by atoms with E-state index in [1.54, 1.807) is 24.3 Å². The maximum absolute atomic E-state index is 14.1. The number of ketones is 1. The van der Waals surface area contributed by atoms with Gasteiger partial charge in [-0.3, -0.25) is 4.79 Å². The normalized spacial score (nSPS) is 11.6. The number of hydrogen-bond donors (Lipinski definition) is 2. The summed E-state index contributed by atoms with van der Waals surface area (Å²) < 4.78 is 27.4. The standard InChI is InChI=1S/C21H17ClF2N2O/c1-11-14(15-6-7-16(22)20(24)21(15)25-11)3-2-4-19(27)18-10-12-9-13(23)5-8-17(12)26-18/h5-10,25-26H,2-4H2,1H3. The Morgan fingerprint density at radius 1 is 1.11 bits per heavy atom. The van der Waals surface area contributed by atoms with Gasteiger partial charge in [0.15, 0.2) is 11.6 Å². The highest BCUT2D eigenvalue weighted by Crippen LogP contribution is 2.29. The quantitative estimate of drug-likeness (QED) is 0.400. The Bertz CT molecular complexity index is 1180. The summed E-state index contributed by atoms with van der Waals surface area (Å²) in [6, 6.07) is 9.40. The van der Waals surface area contributed by atoms with E-state index in [9.17, 15) is 13.6 Å². The fourth-order valence-corrected chi connectivity index (χ4v) is 3.68. The van der Waals surface area contributed by atoms with Gasteiger partial charge in [0.2, 0.25) is 0 Å². The maximum atomic E-state index is 14.1. The van der Waals surface area contributed by atoms with Crippen molar-refractivity contribution in [3.05, 3.63) is 70.0 Å². The third-order valence-corrected chi connectivity index (χ3v) is 5.19. The first-order chi connectivity index (χ1) is 12.9. The van der Waals surface area contributed by atoms with Crippen LogP contribution in [0.2, 0.25) is 5.02 Å². The van der Waals surface area contributed by atoms with Gasteiger partial charge in [-0.1, -0.05) is 17.7 Å². The second-order valence-electron chi connectivity index (χ2n) is 6.70. The van der Waals surface area contributed by atoms with Crippen LogP contribution in [-0.4, -0.2) is 15.8 Å². The number of rotatable bonds is 5. The lowest BCUT2D eigenvalue weighted by Crippen LogP contribution is -2.00. The molecule has 0 spiro atoms. The third kappa shape index (κ3) is 3.23. The second kappa shape index (κ2) is 6.82. The average Bonchev–Trinajstić information content (AvgIpc) is 3.19. The van der Waals surface area contributed by atoms with Crippen LogP contribution in [0.5, 0.6) is 0 Å². The third-order valence-electron chi connectivity index (χ3n) is 4.90. The first kappa shape index (κ1) is 17.7. The van der Waals surface area contributed by atoms with Gasteiger partial charge in [0.05, 0.1) is 16.2 Å². The summed E-state index contributed by atoms with van der Waals surface area (Å²) >= 11 is 5.84. The van der Waals surface area contributed by atoms with Crippen molar-refractivity contribution >= 4 is 39.2 Å². The molecule has 0 saturated carbocycles. The number of carbonyl (C=O) groups is 1. The Balaban J connectivity index is 1.49. The van der Waals surface area contributed by atoms with Gasteiger partial charge in [0.1, 0.15) is 5.82 Å². The van der Waals surface area contributed by atoms with Crippen LogP contribution >= 0.6 is 11.6 Å². The fourth-order valence-electron chi connectivity index (χ4n) is 3.53. The van der Waals surface area contributed by atoms with E-state index in [0.29, 0.717) is 35.9 Å². The molecule has 0 aliphatic rings. The number of aryl methyl sites for hydroxylation is 2. The number of halogens is 3. The number of hydrogen-bond acceptors (Lipinski definition) is 1. The Labute approximate surface area is 159 Å². The van der Waals surface area contributed by atoms with Crippen LogP contribution in [0.3, 0.4) is 0 Å². The Kier molecular flexibility index (Phi) is 4.48. The van der Waals surface area contributed by atoms with Gasteiger partial charge in [-0.2, -0.15) is 0 Å².